The number of nitrogens with zero attached hydrogens (tertiary/aromatic N) is 3. The monoisotopic (exact) mass is 491 g/mol. The lowest BCUT2D eigenvalue weighted by atomic mass is 9.86. The van der Waals surface area contributed by atoms with Crippen molar-refractivity contribution in [2.75, 3.05) is 30.9 Å². The summed E-state index contributed by atoms with van der Waals surface area (Å²) in [4.78, 5) is 11.7. The van der Waals surface area contributed by atoms with E-state index < -0.39 is 0 Å². The van der Waals surface area contributed by atoms with Crippen molar-refractivity contribution >= 4 is 34.8 Å². The van der Waals surface area contributed by atoms with E-state index in [4.69, 9.17) is 9.97 Å². The van der Waals surface area contributed by atoms with Crippen LogP contribution in [0.5, 0.6) is 0 Å². The number of nitrogens with one attached hydrogen (secondary N) is 2. The molecule has 1 heterocycles. The molecule has 1 aliphatic carbocycles. The van der Waals surface area contributed by atoms with Crippen LogP contribution >= 0.6 is 0 Å². The number of fused-ring (bicyclic) bond motifs is 1. The van der Waals surface area contributed by atoms with Crippen LogP contribution < -0.4 is 15.5 Å². The molecule has 0 saturated heterocycles. The predicted octanol–water partition coefficient (Wildman–Crippen LogP) is 6.63. The molecule has 0 spiro atoms. The number of anilines is 2. The minimum absolute atomic E-state index is 0.434. The van der Waals surface area contributed by atoms with E-state index in [9.17, 15) is 0 Å². The van der Waals surface area contributed by atoms with Crippen LogP contribution in [0.2, 0.25) is 0 Å². The third-order valence-electron chi connectivity index (χ3n) is 7.20. The fourth-order valence-electron chi connectivity index (χ4n) is 5.08. The Bertz CT molecular complexity index is 1310. The molecule has 1 aromatic heterocycles. The van der Waals surface area contributed by atoms with Gasteiger partial charge in [-0.1, -0.05) is 78.9 Å². The molecule has 0 radical (unpaired) electrons. The normalized spacial score (nSPS) is 17.8. The topological polar surface area (TPSA) is 53.1 Å². The summed E-state index contributed by atoms with van der Waals surface area (Å²) in [5.41, 5.74) is 4.77. The van der Waals surface area contributed by atoms with E-state index in [1.807, 2.05) is 32.3 Å². The van der Waals surface area contributed by atoms with Gasteiger partial charge in [0.1, 0.15) is 5.82 Å². The minimum atomic E-state index is 0.434. The summed E-state index contributed by atoms with van der Waals surface area (Å²) >= 11 is 0. The van der Waals surface area contributed by atoms with E-state index in [1.165, 1.54) is 29.5 Å². The Morgan fingerprint density at radius 2 is 1.46 bits per heavy atom. The van der Waals surface area contributed by atoms with Gasteiger partial charge in [0.05, 0.1) is 5.52 Å². The van der Waals surface area contributed by atoms with Gasteiger partial charge in [-0.25, -0.2) is 4.98 Å². The molecule has 3 aromatic carbocycles. The summed E-state index contributed by atoms with van der Waals surface area (Å²) < 4.78 is 0. The zero-order valence-electron chi connectivity index (χ0n) is 21.9. The van der Waals surface area contributed by atoms with Gasteiger partial charge < -0.3 is 15.5 Å². The zero-order chi connectivity index (χ0) is 25.5. The van der Waals surface area contributed by atoms with Crippen molar-refractivity contribution in [3.63, 3.8) is 0 Å². The lowest BCUT2D eigenvalue weighted by Crippen LogP contribution is -2.31. The van der Waals surface area contributed by atoms with Gasteiger partial charge in [0.25, 0.3) is 0 Å². The molecule has 37 heavy (non-hydrogen) atoms. The van der Waals surface area contributed by atoms with Gasteiger partial charge in [-0.15, -0.1) is 0 Å². The summed E-state index contributed by atoms with van der Waals surface area (Å²) in [6.07, 6.45) is 9.09. The summed E-state index contributed by atoms with van der Waals surface area (Å²) in [6.45, 7) is 1.98. The second-order valence-corrected chi connectivity index (χ2v) is 10.3. The maximum absolute atomic E-state index is 4.82. The SMILES string of the molecule is CN(C)c1nc(NC2CCC(CNCc3ccc(C=Cc4ccccc4)cc3)CC2)nc2ccccc12. The van der Waals surface area contributed by atoms with Crippen molar-refractivity contribution in [2.24, 2.45) is 5.92 Å². The highest BCUT2D eigenvalue weighted by Crippen LogP contribution is 2.28. The van der Waals surface area contributed by atoms with Crippen molar-refractivity contribution in [1.29, 1.82) is 0 Å². The fraction of sp³-hybridized carbons (Fsp3) is 0.312. The number of hydrogen-bond acceptors (Lipinski definition) is 5. The third-order valence-corrected chi connectivity index (χ3v) is 7.20. The summed E-state index contributed by atoms with van der Waals surface area (Å²) in [5, 5.41) is 8.40. The van der Waals surface area contributed by atoms with Crippen LogP contribution in [0.4, 0.5) is 11.8 Å². The molecule has 0 unspecified atom stereocenters. The van der Waals surface area contributed by atoms with E-state index in [0.29, 0.717) is 6.04 Å². The van der Waals surface area contributed by atoms with Gasteiger partial charge in [-0.2, -0.15) is 4.98 Å². The van der Waals surface area contributed by atoms with Crippen molar-refractivity contribution in [2.45, 2.75) is 38.3 Å². The predicted molar refractivity (Wildman–Crippen MR) is 157 cm³/mol. The second-order valence-electron chi connectivity index (χ2n) is 10.3. The molecule has 0 aliphatic heterocycles. The molecule has 2 N–H and O–H groups in total. The molecule has 0 amide bonds. The first-order valence-corrected chi connectivity index (χ1v) is 13.4. The lowest BCUT2D eigenvalue weighted by molar-refractivity contribution is 0.324. The average molecular weight is 492 g/mol. The third kappa shape index (κ3) is 6.75. The van der Waals surface area contributed by atoms with E-state index >= 15 is 0 Å². The molecule has 4 aromatic rings. The quantitative estimate of drug-likeness (QED) is 0.258. The largest absolute Gasteiger partial charge is 0.362 e. The molecular formula is C32H37N5. The van der Waals surface area contributed by atoms with Gasteiger partial charge in [-0.05, 0) is 67.0 Å². The Morgan fingerprint density at radius 1 is 0.784 bits per heavy atom. The first kappa shape index (κ1) is 25.0. The summed E-state index contributed by atoms with van der Waals surface area (Å²) in [7, 11) is 4.07. The second kappa shape index (κ2) is 12.0. The number of hydrogen-bond donors (Lipinski definition) is 2. The standard InChI is InChI=1S/C32H37N5/c1-37(2)31-29-10-6-7-11-30(29)35-32(36-31)34-28-20-18-27(19-21-28)23-33-22-26-16-14-25(15-17-26)13-12-24-8-4-3-5-9-24/h3-17,27-28,33H,18-23H2,1-2H3,(H,34,35,36). The number of aromatic nitrogens is 2. The summed E-state index contributed by atoms with van der Waals surface area (Å²) in [6, 6.07) is 27.9. The van der Waals surface area contributed by atoms with Crippen LogP contribution in [-0.2, 0) is 6.54 Å². The number of benzene rings is 3. The van der Waals surface area contributed by atoms with Crippen LogP contribution in [0.25, 0.3) is 23.1 Å². The van der Waals surface area contributed by atoms with E-state index in [2.05, 4.69) is 88.3 Å². The van der Waals surface area contributed by atoms with Gasteiger partial charge in [0.2, 0.25) is 5.95 Å². The molecule has 1 saturated carbocycles. The molecule has 5 nitrogen and oxygen atoms in total. The molecule has 5 rings (SSSR count). The van der Waals surface area contributed by atoms with Crippen LogP contribution in [0.1, 0.15) is 42.4 Å². The average Bonchev–Trinajstić information content (AvgIpc) is 2.93. The Kier molecular flexibility index (Phi) is 8.11. The van der Waals surface area contributed by atoms with E-state index in [0.717, 1.165) is 54.5 Å². The van der Waals surface area contributed by atoms with Crippen LogP contribution in [0.15, 0.2) is 78.9 Å². The van der Waals surface area contributed by atoms with Crippen molar-refractivity contribution < 1.29 is 0 Å². The molecular weight excluding hydrogens is 454 g/mol. The molecule has 1 fully saturated rings. The number of para-hydroxylation sites is 1. The zero-order valence-corrected chi connectivity index (χ0v) is 21.9. The molecule has 0 bridgehead atoms. The smallest absolute Gasteiger partial charge is 0.225 e. The van der Waals surface area contributed by atoms with Crippen LogP contribution in [0, 0.1) is 5.92 Å². The molecule has 5 heteroatoms. The van der Waals surface area contributed by atoms with Gasteiger partial charge in [0.15, 0.2) is 0 Å². The fourth-order valence-corrected chi connectivity index (χ4v) is 5.08. The van der Waals surface area contributed by atoms with Crippen molar-refractivity contribution in [3.05, 3.63) is 95.6 Å². The Hall–Kier alpha value is -3.70. The van der Waals surface area contributed by atoms with Gasteiger partial charge >= 0.3 is 0 Å². The van der Waals surface area contributed by atoms with E-state index in [-0.39, 0.29) is 0 Å². The van der Waals surface area contributed by atoms with Gasteiger partial charge in [0, 0.05) is 32.1 Å². The lowest BCUT2D eigenvalue weighted by Gasteiger charge is -2.29. The Balaban J connectivity index is 1.06. The first-order valence-electron chi connectivity index (χ1n) is 13.4. The van der Waals surface area contributed by atoms with Crippen LogP contribution in [0.3, 0.4) is 0 Å². The highest BCUT2D eigenvalue weighted by atomic mass is 15.2. The number of rotatable bonds is 9. The minimum Gasteiger partial charge on any atom is -0.362 e. The van der Waals surface area contributed by atoms with Crippen LogP contribution in [-0.4, -0.2) is 36.6 Å². The van der Waals surface area contributed by atoms with Crippen molar-refractivity contribution in [3.8, 4) is 0 Å². The first-order chi connectivity index (χ1) is 18.1. The summed E-state index contributed by atoms with van der Waals surface area (Å²) in [5.74, 6) is 2.43. The molecule has 1 aliphatic rings. The molecule has 0 atom stereocenters. The Morgan fingerprint density at radius 3 is 2.19 bits per heavy atom. The molecule has 190 valence electrons. The maximum Gasteiger partial charge on any atom is 0.225 e. The van der Waals surface area contributed by atoms with E-state index in [1.54, 1.807) is 0 Å². The Labute approximate surface area is 220 Å². The van der Waals surface area contributed by atoms with Crippen molar-refractivity contribution in [1.82, 2.24) is 15.3 Å². The maximum atomic E-state index is 4.82. The highest BCUT2D eigenvalue weighted by molar-refractivity contribution is 5.90. The highest BCUT2D eigenvalue weighted by Gasteiger charge is 2.22. The van der Waals surface area contributed by atoms with Gasteiger partial charge in [-0.3, -0.25) is 0 Å².